The molecule has 0 heterocycles. The summed E-state index contributed by atoms with van der Waals surface area (Å²) in [5, 5.41) is 8.89. The van der Waals surface area contributed by atoms with Crippen LogP contribution in [0.15, 0.2) is 23.1 Å². The summed E-state index contributed by atoms with van der Waals surface area (Å²) < 4.78 is 24.1. The molecule has 0 spiro atoms. The summed E-state index contributed by atoms with van der Waals surface area (Å²) in [6.45, 7) is 1.83. The molecule has 1 aliphatic rings. The number of fused-ring (bicyclic) bond motifs is 1. The molecule has 1 aromatic rings. The highest BCUT2D eigenvalue weighted by atomic mass is 32.2. The van der Waals surface area contributed by atoms with Gasteiger partial charge in [-0.1, -0.05) is 13.0 Å². The van der Waals surface area contributed by atoms with Crippen LogP contribution in [0.3, 0.4) is 0 Å². The van der Waals surface area contributed by atoms with Crippen molar-refractivity contribution in [3.05, 3.63) is 29.3 Å². The van der Waals surface area contributed by atoms with Crippen molar-refractivity contribution in [1.29, 1.82) is 0 Å². The fraction of sp³-hybridized carbons (Fsp3) is 0.500. The number of carboxylic acids is 1. The van der Waals surface area contributed by atoms with Crippen molar-refractivity contribution in [1.82, 2.24) is 0 Å². The van der Waals surface area contributed by atoms with E-state index in [9.17, 15) is 13.2 Å². The highest BCUT2D eigenvalue weighted by Crippen LogP contribution is 2.36. The number of carbonyl (C=O) groups is 1. The Morgan fingerprint density at radius 1 is 1.42 bits per heavy atom. The van der Waals surface area contributed by atoms with Gasteiger partial charge in [-0.05, 0) is 48.4 Å². The standard InChI is InChI=1S/C14H18O4S/c1-2-7-19(17,18)12-6-5-10-3-4-11(8-14(15)16)13(10)9-12/h5-6,9,11H,2-4,7-8H2,1H3,(H,15,16). The summed E-state index contributed by atoms with van der Waals surface area (Å²) in [6, 6.07) is 5.16. The summed E-state index contributed by atoms with van der Waals surface area (Å²) in [5.74, 6) is -0.751. The smallest absolute Gasteiger partial charge is 0.303 e. The zero-order valence-corrected chi connectivity index (χ0v) is 11.7. The van der Waals surface area contributed by atoms with Gasteiger partial charge < -0.3 is 5.11 Å². The lowest BCUT2D eigenvalue weighted by molar-refractivity contribution is -0.137. The highest BCUT2D eigenvalue weighted by Gasteiger charge is 2.26. The van der Waals surface area contributed by atoms with E-state index in [2.05, 4.69) is 0 Å². The van der Waals surface area contributed by atoms with Crippen LogP contribution in [0.2, 0.25) is 0 Å². The first-order chi connectivity index (χ1) is 8.94. The van der Waals surface area contributed by atoms with Crippen LogP contribution >= 0.6 is 0 Å². The number of hydrogen-bond donors (Lipinski definition) is 1. The summed E-state index contributed by atoms with van der Waals surface area (Å²) >= 11 is 0. The van der Waals surface area contributed by atoms with Crippen molar-refractivity contribution in [2.75, 3.05) is 5.75 Å². The van der Waals surface area contributed by atoms with Crippen LogP contribution in [0, 0.1) is 0 Å². The average Bonchev–Trinajstić information content (AvgIpc) is 2.71. The van der Waals surface area contributed by atoms with Crippen LogP contribution in [0.25, 0.3) is 0 Å². The van der Waals surface area contributed by atoms with Gasteiger partial charge in [0.1, 0.15) is 0 Å². The molecule has 104 valence electrons. The molecule has 1 aromatic carbocycles. The fourth-order valence-electron chi connectivity index (χ4n) is 2.67. The molecule has 0 saturated heterocycles. The number of aryl methyl sites for hydroxylation is 1. The first-order valence-corrected chi connectivity index (χ1v) is 8.16. The minimum absolute atomic E-state index is 0.0516. The molecular weight excluding hydrogens is 264 g/mol. The number of benzene rings is 1. The van der Waals surface area contributed by atoms with Crippen LogP contribution in [0.1, 0.15) is 43.2 Å². The van der Waals surface area contributed by atoms with E-state index in [0.717, 1.165) is 24.0 Å². The van der Waals surface area contributed by atoms with Gasteiger partial charge in [0.15, 0.2) is 9.84 Å². The summed E-state index contributed by atoms with van der Waals surface area (Å²) in [4.78, 5) is 11.2. The minimum Gasteiger partial charge on any atom is -0.481 e. The Hall–Kier alpha value is -1.36. The first kappa shape index (κ1) is 14.1. The van der Waals surface area contributed by atoms with E-state index in [4.69, 9.17) is 5.11 Å². The highest BCUT2D eigenvalue weighted by molar-refractivity contribution is 7.91. The molecule has 1 atom stereocenters. The van der Waals surface area contributed by atoms with E-state index in [0.29, 0.717) is 11.3 Å². The monoisotopic (exact) mass is 282 g/mol. The molecule has 0 saturated carbocycles. The van der Waals surface area contributed by atoms with Crippen LogP contribution in [-0.4, -0.2) is 25.2 Å². The molecule has 1 unspecified atom stereocenters. The summed E-state index contributed by atoms with van der Waals surface area (Å²) in [6.07, 6.45) is 2.28. The van der Waals surface area contributed by atoms with Gasteiger partial charge in [-0.3, -0.25) is 4.79 Å². The largest absolute Gasteiger partial charge is 0.481 e. The van der Waals surface area contributed by atoms with Gasteiger partial charge in [0.2, 0.25) is 0 Å². The molecule has 0 aliphatic heterocycles. The summed E-state index contributed by atoms with van der Waals surface area (Å²) in [5.41, 5.74) is 1.99. The normalized spacial score (nSPS) is 18.3. The third-order valence-corrected chi connectivity index (χ3v) is 5.49. The lowest BCUT2D eigenvalue weighted by Crippen LogP contribution is -2.08. The van der Waals surface area contributed by atoms with Crippen molar-refractivity contribution >= 4 is 15.8 Å². The van der Waals surface area contributed by atoms with E-state index in [-0.39, 0.29) is 18.1 Å². The van der Waals surface area contributed by atoms with Gasteiger partial charge in [-0.25, -0.2) is 8.42 Å². The molecule has 0 fully saturated rings. The number of sulfone groups is 1. The zero-order valence-electron chi connectivity index (χ0n) is 10.9. The van der Waals surface area contributed by atoms with Gasteiger partial charge in [0.25, 0.3) is 0 Å². The van der Waals surface area contributed by atoms with E-state index < -0.39 is 15.8 Å². The maximum Gasteiger partial charge on any atom is 0.303 e. The van der Waals surface area contributed by atoms with Crippen LogP contribution in [-0.2, 0) is 21.1 Å². The van der Waals surface area contributed by atoms with Gasteiger partial charge in [-0.15, -0.1) is 0 Å². The Balaban J connectivity index is 2.35. The molecule has 5 heteroatoms. The quantitative estimate of drug-likeness (QED) is 0.900. The Morgan fingerprint density at radius 3 is 2.79 bits per heavy atom. The molecular formula is C14H18O4S. The van der Waals surface area contributed by atoms with Gasteiger partial charge in [0, 0.05) is 0 Å². The molecule has 0 radical (unpaired) electrons. The number of aliphatic carboxylic acids is 1. The van der Waals surface area contributed by atoms with E-state index in [1.807, 2.05) is 13.0 Å². The van der Waals surface area contributed by atoms with Crippen LogP contribution in [0.5, 0.6) is 0 Å². The summed E-state index contributed by atoms with van der Waals surface area (Å²) in [7, 11) is -3.23. The Labute approximate surface area is 113 Å². The SMILES string of the molecule is CCCS(=O)(=O)c1ccc2c(c1)C(CC(=O)O)CC2. The molecule has 1 aliphatic carbocycles. The molecule has 4 nitrogen and oxygen atoms in total. The second-order valence-corrected chi connectivity index (χ2v) is 7.12. The predicted octanol–water partition coefficient (Wildman–Crippen LogP) is 2.37. The van der Waals surface area contributed by atoms with Crippen molar-refractivity contribution in [2.45, 2.75) is 43.4 Å². The number of hydrogen-bond acceptors (Lipinski definition) is 3. The maximum atomic E-state index is 12.0. The molecule has 1 N–H and O–H groups in total. The third kappa shape index (κ3) is 2.97. The topological polar surface area (TPSA) is 71.4 Å². The lowest BCUT2D eigenvalue weighted by atomic mass is 9.98. The number of carboxylic acid groups (broad SMARTS) is 1. The van der Waals surface area contributed by atoms with Crippen LogP contribution in [0.4, 0.5) is 0 Å². The Bertz CT molecular complexity index is 589. The second-order valence-electron chi connectivity index (χ2n) is 5.01. The molecule has 19 heavy (non-hydrogen) atoms. The van der Waals surface area contributed by atoms with Crippen molar-refractivity contribution in [3.63, 3.8) is 0 Å². The average molecular weight is 282 g/mol. The molecule has 2 rings (SSSR count). The molecule has 0 amide bonds. The Morgan fingerprint density at radius 2 is 2.16 bits per heavy atom. The van der Waals surface area contributed by atoms with Crippen LogP contribution < -0.4 is 0 Å². The van der Waals surface area contributed by atoms with E-state index >= 15 is 0 Å². The van der Waals surface area contributed by atoms with Gasteiger partial charge in [-0.2, -0.15) is 0 Å². The molecule has 0 bridgehead atoms. The van der Waals surface area contributed by atoms with Gasteiger partial charge >= 0.3 is 5.97 Å². The van der Waals surface area contributed by atoms with E-state index in [1.54, 1.807) is 12.1 Å². The zero-order chi connectivity index (χ0) is 14.0. The van der Waals surface area contributed by atoms with Crippen molar-refractivity contribution in [3.8, 4) is 0 Å². The minimum atomic E-state index is -3.23. The Kier molecular flexibility index (Phi) is 3.94. The van der Waals surface area contributed by atoms with Crippen molar-refractivity contribution in [2.24, 2.45) is 0 Å². The van der Waals surface area contributed by atoms with E-state index in [1.165, 1.54) is 0 Å². The second kappa shape index (κ2) is 5.33. The number of rotatable bonds is 5. The molecule has 0 aromatic heterocycles. The van der Waals surface area contributed by atoms with Crippen molar-refractivity contribution < 1.29 is 18.3 Å². The first-order valence-electron chi connectivity index (χ1n) is 6.51. The van der Waals surface area contributed by atoms with Gasteiger partial charge in [0.05, 0.1) is 17.1 Å². The third-order valence-electron chi connectivity index (χ3n) is 3.57. The maximum absolute atomic E-state index is 12.0. The lowest BCUT2D eigenvalue weighted by Gasteiger charge is -2.10. The predicted molar refractivity (Wildman–Crippen MR) is 72.1 cm³/mol. The fourth-order valence-corrected chi connectivity index (χ4v) is 4.02.